The van der Waals surface area contributed by atoms with Crippen molar-refractivity contribution >= 4 is 28.5 Å². The molecule has 0 saturated heterocycles. The summed E-state index contributed by atoms with van der Waals surface area (Å²) in [6.45, 7) is 3.80. The molecule has 0 aliphatic rings. The summed E-state index contributed by atoms with van der Waals surface area (Å²) in [6, 6.07) is 12.9. The Balaban J connectivity index is 2.15. The number of esters is 1. The molecule has 0 fully saturated rings. The van der Waals surface area contributed by atoms with E-state index in [9.17, 15) is 19.5 Å². The number of methoxy groups -OCH3 is 1. The van der Waals surface area contributed by atoms with Crippen molar-refractivity contribution in [1.82, 2.24) is 4.57 Å². The van der Waals surface area contributed by atoms with E-state index in [2.05, 4.69) is 11.9 Å². The van der Waals surface area contributed by atoms with Crippen molar-refractivity contribution in [2.24, 2.45) is 0 Å². The number of fused-ring (bicyclic) bond motifs is 1. The number of ether oxygens (including phenoxy) is 1. The largest absolute Gasteiger partial charge is 0.506 e. The topological polar surface area (TPSA) is 97.6 Å². The van der Waals surface area contributed by atoms with Gasteiger partial charge in [0.1, 0.15) is 11.3 Å². The second kappa shape index (κ2) is 7.79. The van der Waals surface area contributed by atoms with Crippen LogP contribution in [-0.4, -0.2) is 28.7 Å². The van der Waals surface area contributed by atoms with E-state index in [-0.39, 0.29) is 17.8 Å². The Bertz CT molecular complexity index is 1150. The van der Waals surface area contributed by atoms with E-state index in [1.807, 2.05) is 0 Å². The van der Waals surface area contributed by atoms with E-state index in [4.69, 9.17) is 4.74 Å². The van der Waals surface area contributed by atoms with Crippen LogP contribution >= 0.6 is 0 Å². The van der Waals surface area contributed by atoms with Crippen LogP contribution in [0.4, 0.5) is 5.69 Å². The quantitative estimate of drug-likeness (QED) is 0.525. The summed E-state index contributed by atoms with van der Waals surface area (Å²) in [5, 5.41) is 13.5. The van der Waals surface area contributed by atoms with Crippen LogP contribution in [0.1, 0.15) is 20.7 Å². The van der Waals surface area contributed by atoms with E-state index in [0.717, 1.165) is 0 Å². The maximum atomic E-state index is 12.9. The average Bonchev–Trinajstić information content (AvgIpc) is 2.71. The molecular formula is C21H18N2O5. The van der Waals surface area contributed by atoms with Gasteiger partial charge in [-0.1, -0.05) is 30.3 Å². The molecule has 0 bridgehead atoms. The van der Waals surface area contributed by atoms with E-state index < -0.39 is 28.7 Å². The Morgan fingerprint density at radius 2 is 1.86 bits per heavy atom. The molecule has 28 heavy (non-hydrogen) atoms. The standard InChI is InChI=1S/C21H18N2O5/c1-3-12-23-16-11-7-5-9-14(16)18(24)17(20(23)26)19(25)22-15-10-6-4-8-13(15)21(27)28-2/h3-11,24H,1,12H2,2H3,(H,22,25). The van der Waals surface area contributed by atoms with Gasteiger partial charge in [-0.15, -0.1) is 6.58 Å². The Labute approximate surface area is 160 Å². The Morgan fingerprint density at radius 3 is 2.57 bits per heavy atom. The highest BCUT2D eigenvalue weighted by atomic mass is 16.5. The predicted molar refractivity (Wildman–Crippen MR) is 106 cm³/mol. The summed E-state index contributed by atoms with van der Waals surface area (Å²) >= 11 is 0. The second-order valence-corrected chi connectivity index (χ2v) is 5.94. The molecule has 142 valence electrons. The molecule has 3 rings (SSSR count). The van der Waals surface area contributed by atoms with Crippen molar-refractivity contribution in [3.8, 4) is 5.75 Å². The molecule has 1 aromatic heterocycles. The number of allylic oxidation sites excluding steroid dienone is 1. The monoisotopic (exact) mass is 378 g/mol. The van der Waals surface area contributed by atoms with Crippen LogP contribution in [0.15, 0.2) is 66.0 Å². The van der Waals surface area contributed by atoms with Gasteiger partial charge in [0.05, 0.1) is 23.9 Å². The van der Waals surface area contributed by atoms with Crippen LogP contribution in [0.3, 0.4) is 0 Å². The summed E-state index contributed by atoms with van der Waals surface area (Å²) in [4.78, 5) is 37.7. The third kappa shape index (κ3) is 3.25. The van der Waals surface area contributed by atoms with Crippen LogP contribution in [0, 0.1) is 0 Å². The molecule has 0 radical (unpaired) electrons. The summed E-state index contributed by atoms with van der Waals surface area (Å²) < 4.78 is 6.05. The molecule has 3 aromatic rings. The SMILES string of the molecule is C=CCn1c(=O)c(C(=O)Nc2ccccc2C(=O)OC)c(O)c2ccccc21. The van der Waals surface area contributed by atoms with Crippen LogP contribution in [-0.2, 0) is 11.3 Å². The molecule has 2 N–H and O–H groups in total. The number of hydrogen-bond acceptors (Lipinski definition) is 5. The number of carbonyl (C=O) groups is 2. The molecule has 2 aromatic carbocycles. The van der Waals surface area contributed by atoms with E-state index in [1.54, 1.807) is 36.4 Å². The number of nitrogens with zero attached hydrogens (tertiary/aromatic N) is 1. The molecule has 0 aliphatic carbocycles. The number of carbonyl (C=O) groups excluding carboxylic acids is 2. The lowest BCUT2D eigenvalue weighted by atomic mass is 10.1. The average molecular weight is 378 g/mol. The molecular weight excluding hydrogens is 360 g/mol. The van der Waals surface area contributed by atoms with Crippen molar-refractivity contribution in [3.63, 3.8) is 0 Å². The molecule has 1 amide bonds. The van der Waals surface area contributed by atoms with Crippen molar-refractivity contribution < 1.29 is 19.4 Å². The zero-order valence-electron chi connectivity index (χ0n) is 15.1. The molecule has 0 atom stereocenters. The smallest absolute Gasteiger partial charge is 0.339 e. The number of pyridine rings is 1. The number of nitrogens with one attached hydrogen (secondary N) is 1. The van der Waals surface area contributed by atoms with Gasteiger partial charge < -0.3 is 19.7 Å². The number of aromatic hydroxyl groups is 1. The molecule has 7 nitrogen and oxygen atoms in total. The fraction of sp³-hybridized carbons (Fsp3) is 0.0952. The zero-order valence-corrected chi connectivity index (χ0v) is 15.1. The van der Waals surface area contributed by atoms with Crippen molar-refractivity contribution in [2.75, 3.05) is 12.4 Å². The van der Waals surface area contributed by atoms with Crippen molar-refractivity contribution in [3.05, 3.63) is 82.7 Å². The van der Waals surface area contributed by atoms with Crippen molar-refractivity contribution in [2.45, 2.75) is 6.54 Å². The highest BCUT2D eigenvalue weighted by molar-refractivity contribution is 6.11. The number of aromatic nitrogens is 1. The minimum absolute atomic E-state index is 0.130. The van der Waals surface area contributed by atoms with Crippen LogP contribution in [0.25, 0.3) is 10.9 Å². The van der Waals surface area contributed by atoms with Gasteiger partial charge in [0, 0.05) is 11.9 Å². The second-order valence-electron chi connectivity index (χ2n) is 5.94. The van der Waals surface area contributed by atoms with E-state index in [0.29, 0.717) is 10.9 Å². The molecule has 0 aliphatic heterocycles. The Morgan fingerprint density at radius 1 is 1.18 bits per heavy atom. The highest BCUT2D eigenvalue weighted by Gasteiger charge is 2.23. The Kier molecular flexibility index (Phi) is 5.26. The van der Waals surface area contributed by atoms with E-state index >= 15 is 0 Å². The van der Waals surface area contributed by atoms with Gasteiger partial charge in [0.25, 0.3) is 11.5 Å². The van der Waals surface area contributed by atoms with Gasteiger partial charge >= 0.3 is 5.97 Å². The fourth-order valence-electron chi connectivity index (χ4n) is 2.97. The molecule has 0 unspecified atom stereocenters. The number of amides is 1. The third-order valence-corrected chi connectivity index (χ3v) is 4.27. The normalized spacial score (nSPS) is 10.5. The lowest BCUT2D eigenvalue weighted by Crippen LogP contribution is -2.30. The number of benzene rings is 2. The maximum absolute atomic E-state index is 12.9. The minimum Gasteiger partial charge on any atom is -0.506 e. The molecule has 7 heteroatoms. The van der Waals surface area contributed by atoms with Crippen LogP contribution in [0.2, 0.25) is 0 Å². The zero-order chi connectivity index (χ0) is 20.3. The third-order valence-electron chi connectivity index (χ3n) is 4.27. The highest BCUT2D eigenvalue weighted by Crippen LogP contribution is 2.27. The van der Waals surface area contributed by atoms with Gasteiger partial charge in [0.15, 0.2) is 0 Å². The summed E-state index contributed by atoms with van der Waals surface area (Å²) in [5.41, 5.74) is -0.299. The fourth-order valence-corrected chi connectivity index (χ4v) is 2.97. The molecule has 0 spiro atoms. The number of para-hydroxylation sites is 2. The lowest BCUT2D eigenvalue weighted by molar-refractivity contribution is 0.0602. The van der Waals surface area contributed by atoms with Crippen LogP contribution in [0.5, 0.6) is 5.75 Å². The maximum Gasteiger partial charge on any atom is 0.339 e. The van der Waals surface area contributed by atoms with Crippen LogP contribution < -0.4 is 10.9 Å². The lowest BCUT2D eigenvalue weighted by Gasteiger charge is -2.14. The van der Waals surface area contributed by atoms with Gasteiger partial charge in [-0.3, -0.25) is 9.59 Å². The summed E-state index contributed by atoms with van der Waals surface area (Å²) in [6.07, 6.45) is 1.53. The van der Waals surface area contributed by atoms with Gasteiger partial charge in [0.2, 0.25) is 0 Å². The minimum atomic E-state index is -0.831. The van der Waals surface area contributed by atoms with Gasteiger partial charge in [-0.25, -0.2) is 4.79 Å². The molecule has 1 heterocycles. The molecule has 0 saturated carbocycles. The first-order chi connectivity index (χ1) is 13.5. The first kappa shape index (κ1) is 18.9. The number of anilines is 1. The van der Waals surface area contributed by atoms with Crippen molar-refractivity contribution in [1.29, 1.82) is 0 Å². The number of hydrogen-bond donors (Lipinski definition) is 2. The number of rotatable bonds is 5. The Hall–Kier alpha value is -3.87. The van der Waals surface area contributed by atoms with Gasteiger partial charge in [-0.05, 0) is 24.3 Å². The summed E-state index contributed by atoms with van der Waals surface area (Å²) in [7, 11) is 1.23. The first-order valence-electron chi connectivity index (χ1n) is 8.43. The summed E-state index contributed by atoms with van der Waals surface area (Å²) in [5.74, 6) is -1.89. The van der Waals surface area contributed by atoms with E-state index in [1.165, 1.54) is 29.9 Å². The van der Waals surface area contributed by atoms with Gasteiger partial charge in [-0.2, -0.15) is 0 Å². The first-order valence-corrected chi connectivity index (χ1v) is 8.43. The predicted octanol–water partition coefficient (Wildman–Crippen LogP) is 2.93.